The van der Waals surface area contributed by atoms with Crippen LogP contribution in [0.4, 0.5) is 0 Å². The Morgan fingerprint density at radius 2 is 2.00 bits per heavy atom. The molecule has 0 atom stereocenters. The van der Waals surface area contributed by atoms with Gasteiger partial charge in [0.05, 0.1) is 6.61 Å². The van der Waals surface area contributed by atoms with E-state index in [9.17, 15) is 0 Å². The molecule has 0 bridgehead atoms. The molecule has 1 heterocycles. The number of ether oxygens (including phenoxy) is 1. The maximum absolute atomic E-state index is 5.92. The standard InChI is InChI=1S/C15H22ClNO/c1-13-12-14(16)6-7-15(13)18-11-5-10-17-8-3-2-4-9-17/h6-7,12H,2-5,8-11H2,1H3. The molecule has 100 valence electrons. The quantitative estimate of drug-likeness (QED) is 0.750. The lowest BCUT2D eigenvalue weighted by atomic mass is 10.1. The molecule has 18 heavy (non-hydrogen) atoms. The molecule has 1 aliphatic heterocycles. The van der Waals surface area contributed by atoms with Crippen molar-refractivity contribution in [1.82, 2.24) is 4.90 Å². The Kier molecular flexibility index (Phi) is 5.33. The van der Waals surface area contributed by atoms with E-state index in [1.807, 2.05) is 25.1 Å². The van der Waals surface area contributed by atoms with Gasteiger partial charge in [-0.05, 0) is 63.0 Å². The van der Waals surface area contributed by atoms with Crippen molar-refractivity contribution in [3.63, 3.8) is 0 Å². The summed E-state index contributed by atoms with van der Waals surface area (Å²) in [5, 5.41) is 0.771. The average molecular weight is 268 g/mol. The Labute approximate surface area is 115 Å². The van der Waals surface area contributed by atoms with Crippen LogP contribution < -0.4 is 4.74 Å². The summed E-state index contributed by atoms with van der Waals surface area (Å²) in [6.07, 6.45) is 5.22. The zero-order valence-electron chi connectivity index (χ0n) is 11.1. The van der Waals surface area contributed by atoms with Gasteiger partial charge < -0.3 is 9.64 Å². The summed E-state index contributed by atoms with van der Waals surface area (Å²) in [4.78, 5) is 2.54. The van der Waals surface area contributed by atoms with E-state index in [4.69, 9.17) is 16.3 Å². The molecule has 0 radical (unpaired) electrons. The number of halogens is 1. The van der Waals surface area contributed by atoms with Gasteiger partial charge in [0, 0.05) is 11.6 Å². The Morgan fingerprint density at radius 1 is 1.22 bits per heavy atom. The zero-order valence-corrected chi connectivity index (χ0v) is 11.9. The van der Waals surface area contributed by atoms with Crippen molar-refractivity contribution in [3.05, 3.63) is 28.8 Å². The minimum Gasteiger partial charge on any atom is -0.493 e. The van der Waals surface area contributed by atoms with Gasteiger partial charge in [-0.25, -0.2) is 0 Å². The highest BCUT2D eigenvalue weighted by molar-refractivity contribution is 6.30. The molecule has 1 fully saturated rings. The van der Waals surface area contributed by atoms with Crippen LogP contribution in [0.15, 0.2) is 18.2 Å². The van der Waals surface area contributed by atoms with Crippen LogP contribution in [0, 0.1) is 6.92 Å². The number of piperidine rings is 1. The molecule has 0 N–H and O–H groups in total. The molecule has 2 rings (SSSR count). The molecule has 0 amide bonds. The monoisotopic (exact) mass is 267 g/mol. The van der Waals surface area contributed by atoms with Crippen molar-refractivity contribution in [2.45, 2.75) is 32.6 Å². The van der Waals surface area contributed by atoms with Crippen LogP contribution in [0.5, 0.6) is 5.75 Å². The smallest absolute Gasteiger partial charge is 0.122 e. The van der Waals surface area contributed by atoms with Gasteiger partial charge >= 0.3 is 0 Å². The summed E-state index contributed by atoms with van der Waals surface area (Å²) in [7, 11) is 0. The highest BCUT2D eigenvalue weighted by atomic mass is 35.5. The zero-order chi connectivity index (χ0) is 12.8. The molecule has 1 saturated heterocycles. The summed E-state index contributed by atoms with van der Waals surface area (Å²) in [5.74, 6) is 0.957. The van der Waals surface area contributed by atoms with Crippen molar-refractivity contribution in [1.29, 1.82) is 0 Å². The predicted octanol–water partition coefficient (Wildman–Crippen LogP) is 3.90. The van der Waals surface area contributed by atoms with E-state index < -0.39 is 0 Å². The van der Waals surface area contributed by atoms with E-state index in [2.05, 4.69) is 4.90 Å². The van der Waals surface area contributed by atoms with Crippen LogP contribution in [0.3, 0.4) is 0 Å². The molecule has 0 spiro atoms. The summed E-state index contributed by atoms with van der Waals surface area (Å²) in [5.41, 5.74) is 1.11. The van der Waals surface area contributed by atoms with E-state index in [1.54, 1.807) is 0 Å². The molecular formula is C15H22ClNO. The highest BCUT2D eigenvalue weighted by Crippen LogP contribution is 2.21. The Balaban J connectivity index is 1.68. The first-order valence-corrected chi connectivity index (χ1v) is 7.25. The fourth-order valence-electron chi connectivity index (χ4n) is 2.43. The number of aryl methyl sites for hydroxylation is 1. The third-order valence-corrected chi connectivity index (χ3v) is 3.70. The second-order valence-electron chi connectivity index (χ2n) is 5.01. The molecule has 3 heteroatoms. The van der Waals surface area contributed by atoms with Gasteiger partial charge in [-0.1, -0.05) is 18.0 Å². The van der Waals surface area contributed by atoms with E-state index in [0.717, 1.165) is 35.9 Å². The van der Waals surface area contributed by atoms with Gasteiger partial charge in [-0.3, -0.25) is 0 Å². The lowest BCUT2D eigenvalue weighted by Crippen LogP contribution is -2.31. The molecule has 0 aromatic heterocycles. The lowest BCUT2D eigenvalue weighted by molar-refractivity contribution is 0.204. The number of hydrogen-bond donors (Lipinski definition) is 0. The highest BCUT2D eigenvalue weighted by Gasteiger charge is 2.09. The van der Waals surface area contributed by atoms with Gasteiger partial charge in [0.1, 0.15) is 5.75 Å². The number of likely N-dealkylation sites (tertiary alicyclic amines) is 1. The maximum Gasteiger partial charge on any atom is 0.122 e. The Hall–Kier alpha value is -0.730. The molecule has 1 aromatic carbocycles. The van der Waals surface area contributed by atoms with Gasteiger partial charge in [0.25, 0.3) is 0 Å². The van der Waals surface area contributed by atoms with Crippen LogP contribution in [0.25, 0.3) is 0 Å². The molecular weight excluding hydrogens is 246 g/mol. The van der Waals surface area contributed by atoms with Crippen molar-refractivity contribution >= 4 is 11.6 Å². The summed E-state index contributed by atoms with van der Waals surface area (Å²) < 4.78 is 5.80. The average Bonchev–Trinajstić information content (AvgIpc) is 2.38. The number of hydrogen-bond acceptors (Lipinski definition) is 2. The fourth-order valence-corrected chi connectivity index (χ4v) is 2.65. The van der Waals surface area contributed by atoms with E-state index >= 15 is 0 Å². The first-order chi connectivity index (χ1) is 8.75. The predicted molar refractivity (Wildman–Crippen MR) is 76.6 cm³/mol. The second kappa shape index (κ2) is 7.01. The molecule has 0 aliphatic carbocycles. The largest absolute Gasteiger partial charge is 0.493 e. The lowest BCUT2D eigenvalue weighted by Gasteiger charge is -2.26. The normalized spacial score (nSPS) is 16.8. The first kappa shape index (κ1) is 13.7. The van der Waals surface area contributed by atoms with Crippen molar-refractivity contribution in [2.24, 2.45) is 0 Å². The van der Waals surface area contributed by atoms with Crippen molar-refractivity contribution < 1.29 is 4.74 Å². The van der Waals surface area contributed by atoms with Crippen LogP contribution in [0.1, 0.15) is 31.2 Å². The molecule has 0 saturated carbocycles. The van der Waals surface area contributed by atoms with Gasteiger partial charge in [0.2, 0.25) is 0 Å². The van der Waals surface area contributed by atoms with Crippen LogP contribution in [0.2, 0.25) is 5.02 Å². The SMILES string of the molecule is Cc1cc(Cl)ccc1OCCCN1CCCCC1. The summed E-state index contributed by atoms with van der Waals surface area (Å²) in [6, 6.07) is 5.79. The Bertz CT molecular complexity index is 375. The van der Waals surface area contributed by atoms with Crippen LogP contribution in [-0.2, 0) is 0 Å². The van der Waals surface area contributed by atoms with Crippen LogP contribution in [-0.4, -0.2) is 31.1 Å². The number of benzene rings is 1. The molecule has 1 aromatic rings. The van der Waals surface area contributed by atoms with Gasteiger partial charge in [-0.2, -0.15) is 0 Å². The molecule has 1 aliphatic rings. The maximum atomic E-state index is 5.92. The third-order valence-electron chi connectivity index (χ3n) is 3.46. The Morgan fingerprint density at radius 3 is 2.72 bits per heavy atom. The number of nitrogens with zero attached hydrogens (tertiary/aromatic N) is 1. The topological polar surface area (TPSA) is 12.5 Å². The van der Waals surface area contributed by atoms with Gasteiger partial charge in [-0.15, -0.1) is 0 Å². The summed E-state index contributed by atoms with van der Waals surface area (Å²) >= 11 is 5.92. The summed E-state index contributed by atoms with van der Waals surface area (Å²) in [6.45, 7) is 6.51. The second-order valence-corrected chi connectivity index (χ2v) is 5.45. The van der Waals surface area contributed by atoms with Crippen molar-refractivity contribution in [2.75, 3.05) is 26.2 Å². The fraction of sp³-hybridized carbons (Fsp3) is 0.600. The molecule has 0 unspecified atom stereocenters. The van der Waals surface area contributed by atoms with E-state index in [0.29, 0.717) is 0 Å². The molecule has 2 nitrogen and oxygen atoms in total. The minimum atomic E-state index is 0.771. The van der Waals surface area contributed by atoms with E-state index in [1.165, 1.54) is 32.4 Å². The van der Waals surface area contributed by atoms with Crippen LogP contribution >= 0.6 is 11.6 Å². The third kappa shape index (κ3) is 4.18. The first-order valence-electron chi connectivity index (χ1n) is 6.87. The van der Waals surface area contributed by atoms with Crippen molar-refractivity contribution in [3.8, 4) is 5.75 Å². The number of rotatable bonds is 5. The van der Waals surface area contributed by atoms with Gasteiger partial charge in [0.15, 0.2) is 0 Å². The van der Waals surface area contributed by atoms with E-state index in [-0.39, 0.29) is 0 Å². The minimum absolute atomic E-state index is 0.771.